The number of sulfonamides is 1. The summed E-state index contributed by atoms with van der Waals surface area (Å²) in [5.41, 5.74) is 0.827. The van der Waals surface area contributed by atoms with Crippen LogP contribution in [0.1, 0.15) is 5.56 Å². The lowest BCUT2D eigenvalue weighted by molar-refractivity contribution is -0.131. The number of primary sulfonamides is 1. The monoisotopic (exact) mass is 410 g/mol. The molecule has 0 heterocycles. The molecule has 0 aliphatic rings. The number of carboxylic acid groups (broad SMARTS) is 1. The van der Waals surface area contributed by atoms with Crippen molar-refractivity contribution in [3.63, 3.8) is 0 Å². The maximum atomic E-state index is 12.9. The van der Waals surface area contributed by atoms with Gasteiger partial charge >= 0.3 is 5.97 Å². The summed E-state index contributed by atoms with van der Waals surface area (Å²) in [5, 5.41) is 16.7. The number of carbonyl (C=O) groups excluding carboxylic acids is 1. The number of anilines is 1. The molecule has 0 radical (unpaired) electrons. The van der Waals surface area contributed by atoms with Crippen molar-refractivity contribution in [1.82, 2.24) is 0 Å². The van der Waals surface area contributed by atoms with Crippen LogP contribution in [0.5, 0.6) is 0 Å². The molecule has 142 valence electrons. The number of hydrogen-bond donors (Lipinski definition) is 3. The van der Waals surface area contributed by atoms with Crippen molar-refractivity contribution in [2.24, 2.45) is 5.14 Å². The summed E-state index contributed by atoms with van der Waals surface area (Å²) in [7, 11) is -3.82. The average Bonchev–Trinajstić information content (AvgIpc) is 2.59. The SMILES string of the molecule is NS(=O)(=O)c1ccc(NC(=O)CS/C(=C/c2ccc(F)cc2)C(=O)O)cc1. The molecule has 10 heteroatoms. The lowest BCUT2D eigenvalue weighted by Gasteiger charge is -2.06. The first kappa shape index (κ1) is 20.6. The minimum Gasteiger partial charge on any atom is -0.477 e. The maximum Gasteiger partial charge on any atom is 0.342 e. The molecule has 2 aromatic carbocycles. The Morgan fingerprint density at radius 3 is 2.22 bits per heavy atom. The molecule has 0 bridgehead atoms. The Kier molecular flexibility index (Phi) is 6.72. The number of nitrogens with one attached hydrogen (secondary N) is 1. The van der Waals surface area contributed by atoms with E-state index < -0.39 is 27.7 Å². The average molecular weight is 410 g/mol. The normalized spacial score (nSPS) is 11.9. The number of nitrogens with two attached hydrogens (primary N) is 1. The van der Waals surface area contributed by atoms with Crippen LogP contribution in [0.4, 0.5) is 10.1 Å². The molecule has 0 unspecified atom stereocenters. The second-order valence-corrected chi connectivity index (χ2v) is 7.85. The number of halogens is 1. The van der Waals surface area contributed by atoms with Gasteiger partial charge in [0.05, 0.1) is 15.6 Å². The van der Waals surface area contributed by atoms with Crippen LogP contribution in [0.3, 0.4) is 0 Å². The smallest absolute Gasteiger partial charge is 0.342 e. The molecule has 2 rings (SSSR count). The first-order chi connectivity index (χ1) is 12.6. The van der Waals surface area contributed by atoms with Gasteiger partial charge in [0.1, 0.15) is 5.82 Å². The zero-order valence-corrected chi connectivity index (χ0v) is 15.4. The van der Waals surface area contributed by atoms with Crippen LogP contribution in [0.25, 0.3) is 6.08 Å². The van der Waals surface area contributed by atoms with Gasteiger partial charge in [-0.1, -0.05) is 12.1 Å². The first-order valence-electron chi connectivity index (χ1n) is 7.41. The van der Waals surface area contributed by atoms with E-state index in [1.807, 2.05) is 0 Å². The van der Waals surface area contributed by atoms with E-state index in [9.17, 15) is 27.5 Å². The van der Waals surface area contributed by atoms with Gasteiger partial charge in [0.25, 0.3) is 0 Å². The predicted octanol–water partition coefficient (Wildman–Crippen LogP) is 2.27. The van der Waals surface area contributed by atoms with Gasteiger partial charge in [0.15, 0.2) is 0 Å². The number of benzene rings is 2. The van der Waals surface area contributed by atoms with E-state index in [1.165, 1.54) is 54.6 Å². The Balaban J connectivity index is 1.99. The van der Waals surface area contributed by atoms with E-state index in [4.69, 9.17) is 5.14 Å². The van der Waals surface area contributed by atoms with E-state index in [2.05, 4.69) is 5.32 Å². The molecule has 1 amide bonds. The molecule has 0 aliphatic heterocycles. The van der Waals surface area contributed by atoms with Crippen molar-refractivity contribution >= 4 is 45.4 Å². The fraction of sp³-hybridized carbons (Fsp3) is 0.0588. The summed E-state index contributed by atoms with van der Waals surface area (Å²) in [4.78, 5) is 23.1. The van der Waals surface area contributed by atoms with Crippen LogP contribution in [0, 0.1) is 5.82 Å². The molecular formula is C17H15FN2O5S2. The van der Waals surface area contributed by atoms with Crippen molar-refractivity contribution in [2.45, 2.75) is 4.90 Å². The molecule has 7 nitrogen and oxygen atoms in total. The van der Waals surface area contributed by atoms with Gasteiger partial charge < -0.3 is 10.4 Å². The van der Waals surface area contributed by atoms with Crippen molar-refractivity contribution in [1.29, 1.82) is 0 Å². The van der Waals surface area contributed by atoms with Crippen LogP contribution >= 0.6 is 11.8 Å². The third kappa shape index (κ3) is 6.51. The van der Waals surface area contributed by atoms with Crippen LogP contribution in [0.2, 0.25) is 0 Å². The molecule has 0 saturated carbocycles. The quantitative estimate of drug-likeness (QED) is 0.601. The molecule has 0 spiro atoms. The lowest BCUT2D eigenvalue weighted by atomic mass is 10.2. The second kappa shape index (κ2) is 8.80. The summed E-state index contributed by atoms with van der Waals surface area (Å²) in [5.74, 6) is -2.32. The topological polar surface area (TPSA) is 127 Å². The van der Waals surface area contributed by atoms with Gasteiger partial charge in [0, 0.05) is 5.69 Å². The predicted molar refractivity (Wildman–Crippen MR) is 101 cm³/mol. The van der Waals surface area contributed by atoms with Crippen LogP contribution < -0.4 is 10.5 Å². The van der Waals surface area contributed by atoms with E-state index in [-0.39, 0.29) is 15.6 Å². The molecule has 0 aliphatic carbocycles. The van der Waals surface area contributed by atoms with E-state index in [0.717, 1.165) is 11.8 Å². The van der Waals surface area contributed by atoms with Crippen molar-refractivity contribution in [3.8, 4) is 0 Å². The molecule has 27 heavy (non-hydrogen) atoms. The summed E-state index contributed by atoms with van der Waals surface area (Å²) in [6.07, 6.45) is 1.33. The minimum atomic E-state index is -3.82. The number of rotatable bonds is 7. The fourth-order valence-corrected chi connectivity index (χ4v) is 3.16. The van der Waals surface area contributed by atoms with Gasteiger partial charge in [-0.3, -0.25) is 4.79 Å². The van der Waals surface area contributed by atoms with Crippen molar-refractivity contribution in [3.05, 3.63) is 64.8 Å². The third-order valence-electron chi connectivity index (χ3n) is 3.20. The Morgan fingerprint density at radius 1 is 1.11 bits per heavy atom. The molecule has 0 saturated heterocycles. The van der Waals surface area contributed by atoms with Crippen molar-refractivity contribution < 1.29 is 27.5 Å². The zero-order chi connectivity index (χ0) is 20.0. The van der Waals surface area contributed by atoms with E-state index in [1.54, 1.807) is 0 Å². The van der Waals surface area contributed by atoms with Crippen LogP contribution in [-0.2, 0) is 19.6 Å². The van der Waals surface area contributed by atoms with Gasteiger partial charge in [0.2, 0.25) is 15.9 Å². The highest BCUT2D eigenvalue weighted by molar-refractivity contribution is 8.04. The first-order valence-corrected chi connectivity index (χ1v) is 9.94. The van der Waals surface area contributed by atoms with Crippen LogP contribution in [0.15, 0.2) is 58.3 Å². The molecule has 2 aromatic rings. The second-order valence-electron chi connectivity index (χ2n) is 5.27. The highest BCUT2D eigenvalue weighted by atomic mass is 32.2. The van der Waals surface area contributed by atoms with Gasteiger partial charge in [-0.2, -0.15) is 0 Å². The summed E-state index contributed by atoms with van der Waals surface area (Å²) in [6, 6.07) is 10.5. The van der Waals surface area contributed by atoms with Crippen molar-refractivity contribution in [2.75, 3.05) is 11.1 Å². The minimum absolute atomic E-state index is 0.0821. The number of carboxylic acids is 1. The largest absolute Gasteiger partial charge is 0.477 e. The summed E-state index contributed by atoms with van der Waals surface area (Å²) < 4.78 is 35.3. The maximum absolute atomic E-state index is 12.9. The van der Waals surface area contributed by atoms with E-state index in [0.29, 0.717) is 11.3 Å². The standard InChI is InChI=1S/C17H15FN2O5S2/c18-12-3-1-11(2-4-12)9-15(17(22)23)26-10-16(21)20-13-5-7-14(8-6-13)27(19,24)25/h1-9H,10H2,(H,20,21)(H,22,23)(H2,19,24,25)/b15-9+. The van der Waals surface area contributed by atoms with Gasteiger partial charge in [-0.25, -0.2) is 22.7 Å². The third-order valence-corrected chi connectivity index (χ3v) is 5.14. The lowest BCUT2D eigenvalue weighted by Crippen LogP contribution is -2.15. The molecule has 0 fully saturated rings. The number of hydrogen-bond acceptors (Lipinski definition) is 5. The van der Waals surface area contributed by atoms with E-state index >= 15 is 0 Å². The van der Waals surface area contributed by atoms with Crippen LogP contribution in [-0.4, -0.2) is 31.2 Å². The number of carbonyl (C=O) groups is 2. The van der Waals surface area contributed by atoms with Gasteiger partial charge in [-0.15, -0.1) is 11.8 Å². The molecule has 0 aromatic heterocycles. The van der Waals surface area contributed by atoms with Gasteiger partial charge in [-0.05, 0) is 48.0 Å². The highest BCUT2D eigenvalue weighted by Gasteiger charge is 2.12. The highest BCUT2D eigenvalue weighted by Crippen LogP contribution is 2.21. The molecular weight excluding hydrogens is 395 g/mol. The number of amides is 1. The fourth-order valence-electron chi connectivity index (χ4n) is 1.94. The summed E-state index contributed by atoms with van der Waals surface area (Å²) >= 11 is 0.803. The Hall–Kier alpha value is -2.69. The Morgan fingerprint density at radius 2 is 1.70 bits per heavy atom. The summed E-state index contributed by atoms with van der Waals surface area (Å²) in [6.45, 7) is 0. The molecule has 4 N–H and O–H groups in total. The molecule has 0 atom stereocenters. The Bertz CT molecular complexity index is 971. The zero-order valence-electron chi connectivity index (χ0n) is 13.8. The number of aliphatic carboxylic acids is 1. The number of thioether (sulfide) groups is 1. The Labute approximate surface area is 159 Å².